The van der Waals surface area contributed by atoms with Crippen LogP contribution in [0, 0.1) is 5.92 Å². The van der Waals surface area contributed by atoms with Gasteiger partial charge in [0.1, 0.15) is 12.4 Å². The largest absolute Gasteiger partial charge is 0.487 e. The molecule has 0 aliphatic carbocycles. The molecular weight excluding hydrogens is 292 g/mol. The molecule has 23 heavy (non-hydrogen) atoms. The summed E-state index contributed by atoms with van der Waals surface area (Å²) < 4.78 is 5.76. The number of carbonyl (C=O) groups is 1. The van der Waals surface area contributed by atoms with Crippen molar-refractivity contribution in [1.29, 1.82) is 0 Å². The third-order valence-corrected chi connectivity index (χ3v) is 3.48. The van der Waals surface area contributed by atoms with Crippen LogP contribution in [0.4, 0.5) is 0 Å². The van der Waals surface area contributed by atoms with E-state index in [1.54, 1.807) is 19.3 Å². The van der Waals surface area contributed by atoms with Crippen LogP contribution < -0.4 is 4.74 Å². The van der Waals surface area contributed by atoms with Crippen LogP contribution in [0.1, 0.15) is 18.1 Å². The number of hydrogen-bond donors (Lipinski definition) is 1. The molecule has 0 aliphatic heterocycles. The van der Waals surface area contributed by atoms with Gasteiger partial charge < -0.3 is 14.7 Å². The number of nitrogens with zero attached hydrogens (tertiary/aromatic N) is 2. The second-order valence-electron chi connectivity index (χ2n) is 5.74. The Hall–Kier alpha value is -2.40. The van der Waals surface area contributed by atoms with Crippen LogP contribution in [0.25, 0.3) is 0 Å². The SMILES string of the molecule is CC(CN(C)Cc1cncc(OCc2ccccc2)c1)C(=O)O. The van der Waals surface area contributed by atoms with E-state index in [1.165, 1.54) is 0 Å². The van der Waals surface area contributed by atoms with Crippen molar-refractivity contribution in [1.82, 2.24) is 9.88 Å². The summed E-state index contributed by atoms with van der Waals surface area (Å²) >= 11 is 0. The Morgan fingerprint density at radius 2 is 2.00 bits per heavy atom. The molecular formula is C18H22N2O3. The smallest absolute Gasteiger partial charge is 0.307 e. The van der Waals surface area contributed by atoms with E-state index in [2.05, 4.69) is 4.98 Å². The first-order chi connectivity index (χ1) is 11.0. The average Bonchev–Trinajstić information content (AvgIpc) is 2.54. The maximum absolute atomic E-state index is 10.9. The Morgan fingerprint density at radius 3 is 2.70 bits per heavy atom. The van der Waals surface area contributed by atoms with Crippen LogP contribution in [0.3, 0.4) is 0 Å². The summed E-state index contributed by atoms with van der Waals surface area (Å²) in [7, 11) is 1.90. The van der Waals surface area contributed by atoms with Gasteiger partial charge in [-0.25, -0.2) is 0 Å². The molecule has 1 N–H and O–H groups in total. The summed E-state index contributed by atoms with van der Waals surface area (Å²) in [5.74, 6) is -0.466. The van der Waals surface area contributed by atoms with E-state index in [-0.39, 0.29) is 0 Å². The first-order valence-electron chi connectivity index (χ1n) is 7.56. The summed E-state index contributed by atoms with van der Waals surface area (Å²) in [6, 6.07) is 11.9. The zero-order valence-electron chi connectivity index (χ0n) is 13.5. The van der Waals surface area contributed by atoms with Crippen molar-refractivity contribution in [3.63, 3.8) is 0 Å². The monoisotopic (exact) mass is 314 g/mol. The van der Waals surface area contributed by atoms with Crippen LogP contribution in [0.15, 0.2) is 48.8 Å². The fourth-order valence-electron chi connectivity index (χ4n) is 2.29. The Balaban J connectivity index is 1.90. The number of rotatable bonds is 8. The van der Waals surface area contributed by atoms with Gasteiger partial charge in [0.2, 0.25) is 0 Å². The first-order valence-corrected chi connectivity index (χ1v) is 7.56. The molecule has 1 aromatic carbocycles. The van der Waals surface area contributed by atoms with Crippen LogP contribution >= 0.6 is 0 Å². The predicted octanol–water partition coefficient (Wildman–Crippen LogP) is 2.81. The molecule has 0 saturated heterocycles. The maximum atomic E-state index is 10.9. The van der Waals surface area contributed by atoms with E-state index >= 15 is 0 Å². The number of ether oxygens (including phenoxy) is 1. The quantitative estimate of drug-likeness (QED) is 0.812. The first kappa shape index (κ1) is 17.0. The molecule has 1 atom stereocenters. The lowest BCUT2D eigenvalue weighted by molar-refractivity contribution is -0.141. The van der Waals surface area contributed by atoms with Crippen molar-refractivity contribution >= 4 is 5.97 Å². The number of aliphatic carboxylic acids is 1. The zero-order valence-corrected chi connectivity index (χ0v) is 13.5. The Labute approximate surface area is 136 Å². The standard InChI is InChI=1S/C18H22N2O3/c1-14(18(21)22)11-20(2)12-16-8-17(10-19-9-16)23-13-15-6-4-3-5-7-15/h3-10,14H,11-13H2,1-2H3,(H,21,22). The minimum atomic E-state index is -0.782. The van der Waals surface area contributed by atoms with Crippen LogP contribution in [-0.4, -0.2) is 34.6 Å². The Bertz CT molecular complexity index is 631. The summed E-state index contributed by atoms with van der Waals surface area (Å²) in [4.78, 5) is 17.1. The van der Waals surface area contributed by atoms with Gasteiger partial charge in [-0.2, -0.15) is 0 Å². The van der Waals surface area contributed by atoms with E-state index in [9.17, 15) is 4.79 Å². The average molecular weight is 314 g/mol. The topological polar surface area (TPSA) is 62.7 Å². The number of benzene rings is 1. The molecule has 5 nitrogen and oxygen atoms in total. The molecule has 1 heterocycles. The molecule has 122 valence electrons. The van der Waals surface area contributed by atoms with E-state index in [0.29, 0.717) is 25.4 Å². The van der Waals surface area contributed by atoms with E-state index in [1.807, 2.05) is 48.3 Å². The predicted molar refractivity (Wildman–Crippen MR) is 88.1 cm³/mol. The molecule has 0 spiro atoms. The minimum absolute atomic E-state index is 0.398. The van der Waals surface area contributed by atoms with Gasteiger partial charge in [0, 0.05) is 19.3 Å². The third-order valence-electron chi connectivity index (χ3n) is 3.48. The molecule has 2 aromatic rings. The van der Waals surface area contributed by atoms with Gasteiger partial charge in [0.25, 0.3) is 0 Å². The molecule has 0 saturated carbocycles. The third kappa shape index (κ3) is 5.71. The molecule has 1 aromatic heterocycles. The van der Waals surface area contributed by atoms with E-state index in [0.717, 1.165) is 11.1 Å². The van der Waals surface area contributed by atoms with E-state index in [4.69, 9.17) is 9.84 Å². The van der Waals surface area contributed by atoms with E-state index < -0.39 is 11.9 Å². The van der Waals surface area contributed by atoms with Crippen LogP contribution in [0.2, 0.25) is 0 Å². The Kier molecular flexibility index (Phi) is 6.11. The number of aromatic nitrogens is 1. The molecule has 0 fully saturated rings. The molecule has 0 aliphatic rings. The molecule has 0 amide bonds. The lowest BCUT2D eigenvalue weighted by atomic mass is 10.1. The summed E-state index contributed by atoms with van der Waals surface area (Å²) in [5, 5.41) is 8.96. The normalized spacial score (nSPS) is 12.1. The fourth-order valence-corrected chi connectivity index (χ4v) is 2.29. The molecule has 1 unspecified atom stereocenters. The number of pyridine rings is 1. The molecule has 2 rings (SSSR count). The molecule has 0 radical (unpaired) electrons. The zero-order chi connectivity index (χ0) is 16.7. The van der Waals surface area contributed by atoms with Gasteiger partial charge in [-0.1, -0.05) is 37.3 Å². The summed E-state index contributed by atoms with van der Waals surface area (Å²) in [5.41, 5.74) is 2.10. The second kappa shape index (κ2) is 8.29. The maximum Gasteiger partial charge on any atom is 0.307 e. The number of carboxylic acid groups (broad SMARTS) is 1. The summed E-state index contributed by atoms with van der Waals surface area (Å²) in [6.07, 6.45) is 3.46. The van der Waals surface area contributed by atoms with Crippen LogP contribution in [-0.2, 0) is 17.9 Å². The van der Waals surface area contributed by atoms with Gasteiger partial charge in [-0.15, -0.1) is 0 Å². The van der Waals surface area contributed by atoms with Crippen molar-refractivity contribution in [3.8, 4) is 5.75 Å². The van der Waals surface area contributed by atoms with Gasteiger partial charge in [0.15, 0.2) is 0 Å². The second-order valence-corrected chi connectivity index (χ2v) is 5.74. The lowest BCUT2D eigenvalue weighted by Gasteiger charge is -2.19. The molecule has 5 heteroatoms. The summed E-state index contributed by atoms with van der Waals surface area (Å²) in [6.45, 7) is 3.33. The molecule has 0 bridgehead atoms. The van der Waals surface area contributed by atoms with Crippen molar-refractivity contribution < 1.29 is 14.6 Å². The van der Waals surface area contributed by atoms with Crippen molar-refractivity contribution in [3.05, 3.63) is 59.9 Å². The highest BCUT2D eigenvalue weighted by Crippen LogP contribution is 2.15. The van der Waals surface area contributed by atoms with Crippen molar-refractivity contribution in [2.24, 2.45) is 5.92 Å². The van der Waals surface area contributed by atoms with Gasteiger partial charge in [-0.05, 0) is 24.2 Å². The lowest BCUT2D eigenvalue weighted by Crippen LogP contribution is -2.28. The van der Waals surface area contributed by atoms with Crippen molar-refractivity contribution in [2.75, 3.05) is 13.6 Å². The number of hydrogen-bond acceptors (Lipinski definition) is 4. The Morgan fingerprint density at radius 1 is 1.26 bits per heavy atom. The van der Waals surface area contributed by atoms with Gasteiger partial charge in [0.05, 0.1) is 12.1 Å². The minimum Gasteiger partial charge on any atom is -0.487 e. The highest BCUT2D eigenvalue weighted by atomic mass is 16.5. The van der Waals surface area contributed by atoms with Crippen molar-refractivity contribution in [2.45, 2.75) is 20.1 Å². The van der Waals surface area contributed by atoms with Gasteiger partial charge in [-0.3, -0.25) is 9.78 Å². The highest BCUT2D eigenvalue weighted by Gasteiger charge is 2.13. The number of carboxylic acids is 1. The fraction of sp³-hybridized carbons (Fsp3) is 0.333. The highest BCUT2D eigenvalue weighted by molar-refractivity contribution is 5.69. The van der Waals surface area contributed by atoms with Gasteiger partial charge >= 0.3 is 5.97 Å². The van der Waals surface area contributed by atoms with Crippen LogP contribution in [0.5, 0.6) is 5.75 Å².